The first kappa shape index (κ1) is 19.4. The number of benzene rings is 2. The Hall–Kier alpha value is -1.96. The Labute approximate surface area is 144 Å². The van der Waals surface area contributed by atoms with Crippen LogP contribution in [0.25, 0.3) is 0 Å². The van der Waals surface area contributed by atoms with Crippen molar-refractivity contribution in [2.45, 2.75) is 29.9 Å². The first-order chi connectivity index (χ1) is 11.5. The second-order valence-corrected chi connectivity index (χ2v) is 6.27. The van der Waals surface area contributed by atoms with Crippen molar-refractivity contribution in [3.63, 3.8) is 0 Å². The Morgan fingerprint density at radius 3 is 1.92 bits per heavy atom. The van der Waals surface area contributed by atoms with E-state index < -0.39 is 23.5 Å². The van der Waals surface area contributed by atoms with Crippen LogP contribution in [0.2, 0.25) is 0 Å². The summed E-state index contributed by atoms with van der Waals surface area (Å²) < 4.78 is 77.1. The average Bonchev–Trinajstić information content (AvgIpc) is 2.51. The highest BCUT2D eigenvalue weighted by Gasteiger charge is 2.36. The third-order valence-electron chi connectivity index (χ3n) is 3.31. The highest BCUT2D eigenvalue weighted by molar-refractivity contribution is 7.98. The molecule has 0 amide bonds. The molecule has 8 heteroatoms. The second-order valence-electron chi connectivity index (χ2n) is 5.26. The number of hydrogen-bond acceptors (Lipinski definition) is 2. The highest BCUT2D eigenvalue weighted by Crippen LogP contribution is 2.37. The molecular weight excluding hydrogens is 366 g/mol. The number of halogens is 6. The molecule has 25 heavy (non-hydrogen) atoms. The number of alkyl halides is 6. The van der Waals surface area contributed by atoms with Gasteiger partial charge in [-0.15, -0.1) is 11.8 Å². The van der Waals surface area contributed by atoms with Crippen molar-refractivity contribution in [1.82, 2.24) is 0 Å². The summed E-state index contributed by atoms with van der Waals surface area (Å²) >= 11 is 1.01. The van der Waals surface area contributed by atoms with Crippen molar-refractivity contribution >= 4 is 17.5 Å². The summed E-state index contributed by atoms with van der Waals surface area (Å²) in [5.41, 5.74) is -2.45. The topological polar surface area (TPSA) is 17.1 Å². The Balaban J connectivity index is 2.35. The Kier molecular flexibility index (Phi) is 5.51. The minimum Gasteiger partial charge on any atom is -0.294 e. The fraction of sp³-hybridized carbons (Fsp3) is 0.235. The van der Waals surface area contributed by atoms with E-state index in [1.165, 1.54) is 6.92 Å². The summed E-state index contributed by atoms with van der Waals surface area (Å²) in [5.74, 6) is -0.361. The Morgan fingerprint density at radius 1 is 0.920 bits per heavy atom. The molecule has 0 saturated carbocycles. The van der Waals surface area contributed by atoms with Crippen molar-refractivity contribution in [2.75, 3.05) is 0 Å². The number of Topliss-reactive ketones (excluding diaryl/α,β-unsaturated/α-hetero) is 1. The van der Waals surface area contributed by atoms with Crippen molar-refractivity contribution < 1.29 is 31.1 Å². The van der Waals surface area contributed by atoms with Crippen molar-refractivity contribution in [3.05, 3.63) is 64.7 Å². The SMILES string of the molecule is CC(=O)c1ccccc1SCc1cc(C(F)(F)F)cc(C(F)(F)F)c1. The Bertz CT molecular complexity index is 747. The number of carbonyl (C=O) groups excluding carboxylic acids is 1. The summed E-state index contributed by atoms with van der Waals surface area (Å²) in [6, 6.07) is 7.90. The van der Waals surface area contributed by atoms with Gasteiger partial charge in [-0.1, -0.05) is 18.2 Å². The van der Waals surface area contributed by atoms with Gasteiger partial charge in [-0.2, -0.15) is 26.3 Å². The van der Waals surface area contributed by atoms with Gasteiger partial charge in [-0.25, -0.2) is 0 Å². The summed E-state index contributed by atoms with van der Waals surface area (Å²) in [5, 5.41) is 0. The van der Waals surface area contributed by atoms with Crippen LogP contribution in [0.4, 0.5) is 26.3 Å². The first-order valence-corrected chi connectivity index (χ1v) is 7.98. The lowest BCUT2D eigenvalue weighted by molar-refractivity contribution is -0.143. The van der Waals surface area contributed by atoms with Gasteiger partial charge in [0, 0.05) is 16.2 Å². The number of rotatable bonds is 4. The largest absolute Gasteiger partial charge is 0.416 e. The van der Waals surface area contributed by atoms with E-state index in [-0.39, 0.29) is 23.2 Å². The zero-order valence-electron chi connectivity index (χ0n) is 12.8. The predicted molar refractivity (Wildman–Crippen MR) is 82.5 cm³/mol. The number of carbonyl (C=O) groups is 1. The monoisotopic (exact) mass is 378 g/mol. The zero-order chi connectivity index (χ0) is 18.8. The summed E-state index contributed by atoms with van der Waals surface area (Å²) in [6.45, 7) is 1.34. The molecule has 0 aliphatic rings. The van der Waals surface area contributed by atoms with Crippen LogP contribution in [0, 0.1) is 0 Å². The summed E-state index contributed by atoms with van der Waals surface area (Å²) in [6.07, 6.45) is -9.75. The molecule has 0 aromatic heterocycles. The van der Waals surface area contributed by atoms with Crippen LogP contribution in [-0.4, -0.2) is 5.78 Å². The van der Waals surface area contributed by atoms with Gasteiger partial charge < -0.3 is 0 Å². The molecule has 1 nitrogen and oxygen atoms in total. The van der Waals surface area contributed by atoms with Gasteiger partial charge in [0.1, 0.15) is 0 Å². The van der Waals surface area contributed by atoms with Gasteiger partial charge in [0.25, 0.3) is 0 Å². The molecule has 0 heterocycles. The number of ketones is 1. The second kappa shape index (κ2) is 7.11. The number of hydrogen-bond donors (Lipinski definition) is 0. The first-order valence-electron chi connectivity index (χ1n) is 6.99. The van der Waals surface area contributed by atoms with Gasteiger partial charge >= 0.3 is 12.4 Å². The molecule has 2 aromatic rings. The van der Waals surface area contributed by atoms with Crippen LogP contribution in [0.15, 0.2) is 47.4 Å². The molecular formula is C17H12F6OS. The lowest BCUT2D eigenvalue weighted by atomic mass is 10.1. The molecule has 0 aliphatic carbocycles. The lowest BCUT2D eigenvalue weighted by Crippen LogP contribution is -2.11. The fourth-order valence-corrected chi connectivity index (χ4v) is 3.18. The number of thioether (sulfide) groups is 1. The molecule has 0 N–H and O–H groups in total. The van der Waals surface area contributed by atoms with Crippen molar-refractivity contribution in [1.29, 1.82) is 0 Å². The maximum Gasteiger partial charge on any atom is 0.416 e. The molecule has 2 rings (SSSR count). The van der Waals surface area contributed by atoms with Crippen molar-refractivity contribution in [3.8, 4) is 0 Å². The molecule has 0 spiro atoms. The standard InChI is InChI=1S/C17H12F6OS/c1-10(24)14-4-2-3-5-15(14)25-9-11-6-12(16(18,19)20)8-13(7-11)17(21,22)23/h2-8H,9H2,1H3. The average molecular weight is 378 g/mol. The molecule has 0 atom stereocenters. The van der Waals surface area contributed by atoms with E-state index in [9.17, 15) is 31.1 Å². The van der Waals surface area contributed by atoms with Gasteiger partial charge in [-0.3, -0.25) is 4.79 Å². The molecule has 0 radical (unpaired) electrons. The van der Waals surface area contributed by atoms with Gasteiger partial charge in [0.05, 0.1) is 11.1 Å². The minimum absolute atomic E-state index is 0.0949. The third-order valence-corrected chi connectivity index (χ3v) is 4.45. The minimum atomic E-state index is -4.88. The summed E-state index contributed by atoms with van der Waals surface area (Å²) in [4.78, 5) is 12.0. The lowest BCUT2D eigenvalue weighted by Gasteiger charge is -2.14. The van der Waals surface area contributed by atoms with E-state index in [1.54, 1.807) is 24.3 Å². The highest BCUT2D eigenvalue weighted by atomic mass is 32.2. The van der Waals surface area contributed by atoms with Crippen LogP contribution in [0.3, 0.4) is 0 Å². The van der Waals surface area contributed by atoms with E-state index in [0.717, 1.165) is 11.8 Å². The molecule has 0 unspecified atom stereocenters. The van der Waals surface area contributed by atoms with E-state index >= 15 is 0 Å². The maximum atomic E-state index is 12.9. The fourth-order valence-electron chi connectivity index (χ4n) is 2.15. The van der Waals surface area contributed by atoms with Gasteiger partial charge in [0.2, 0.25) is 0 Å². The van der Waals surface area contributed by atoms with E-state index in [2.05, 4.69) is 0 Å². The third kappa shape index (κ3) is 5.01. The van der Waals surface area contributed by atoms with Crippen molar-refractivity contribution in [2.24, 2.45) is 0 Å². The summed E-state index contributed by atoms with van der Waals surface area (Å²) in [7, 11) is 0. The molecule has 134 valence electrons. The maximum absolute atomic E-state index is 12.9. The van der Waals surface area contributed by atoms with Crippen LogP contribution in [0.1, 0.15) is 34.0 Å². The van der Waals surface area contributed by atoms with Gasteiger partial charge in [0.15, 0.2) is 5.78 Å². The normalized spacial score (nSPS) is 12.3. The van der Waals surface area contributed by atoms with Crippen LogP contribution in [0.5, 0.6) is 0 Å². The molecule has 0 fully saturated rings. The zero-order valence-corrected chi connectivity index (χ0v) is 13.6. The van der Waals surface area contributed by atoms with E-state index in [0.29, 0.717) is 22.6 Å². The van der Waals surface area contributed by atoms with Crippen LogP contribution in [-0.2, 0) is 18.1 Å². The molecule has 0 saturated heterocycles. The molecule has 0 bridgehead atoms. The molecule has 2 aromatic carbocycles. The van der Waals surface area contributed by atoms with E-state index in [1.807, 2.05) is 0 Å². The predicted octanol–water partition coefficient (Wildman–Crippen LogP) is 6.22. The van der Waals surface area contributed by atoms with Crippen LogP contribution < -0.4 is 0 Å². The van der Waals surface area contributed by atoms with Crippen LogP contribution >= 0.6 is 11.8 Å². The van der Waals surface area contributed by atoms with Gasteiger partial charge in [-0.05, 0) is 36.8 Å². The Morgan fingerprint density at radius 2 is 1.44 bits per heavy atom. The van der Waals surface area contributed by atoms with E-state index in [4.69, 9.17) is 0 Å². The molecule has 0 aliphatic heterocycles. The smallest absolute Gasteiger partial charge is 0.294 e. The quantitative estimate of drug-likeness (QED) is 0.357.